The van der Waals surface area contributed by atoms with Gasteiger partial charge in [-0.05, 0) is 46.3 Å². The molecule has 2 atom stereocenters. The highest BCUT2D eigenvalue weighted by molar-refractivity contribution is 5.71. The number of nitrogens with zero attached hydrogens (tertiary/aromatic N) is 1. The standard InChI is InChI=1S/C19H25NO4/c1-18(2,3)24-17(22)20-15(12-9-13-21)16(23-19(20,4)5)14-10-7-6-8-11-14/h6-13,15-16H,1-5H3/t15-,16-/m1/s1. The van der Waals surface area contributed by atoms with Crippen LogP contribution in [0.25, 0.3) is 0 Å². The molecule has 24 heavy (non-hydrogen) atoms. The van der Waals surface area contributed by atoms with E-state index in [1.807, 2.05) is 65.0 Å². The highest BCUT2D eigenvalue weighted by Gasteiger charge is 2.50. The molecule has 1 aliphatic rings. The topological polar surface area (TPSA) is 55.8 Å². The van der Waals surface area contributed by atoms with E-state index in [2.05, 4.69) is 0 Å². The van der Waals surface area contributed by atoms with Crippen LogP contribution in [0.1, 0.15) is 46.3 Å². The summed E-state index contributed by atoms with van der Waals surface area (Å²) in [6, 6.07) is 9.22. The summed E-state index contributed by atoms with van der Waals surface area (Å²) in [5.41, 5.74) is -0.533. The van der Waals surface area contributed by atoms with Gasteiger partial charge in [-0.25, -0.2) is 4.79 Å². The van der Waals surface area contributed by atoms with E-state index in [0.29, 0.717) is 6.29 Å². The lowest BCUT2D eigenvalue weighted by atomic mass is 10.0. The Morgan fingerprint density at radius 3 is 2.42 bits per heavy atom. The summed E-state index contributed by atoms with van der Waals surface area (Å²) in [6.45, 7) is 9.10. The second-order valence-corrected chi connectivity index (χ2v) is 7.26. The van der Waals surface area contributed by atoms with Crippen molar-refractivity contribution in [3.63, 3.8) is 0 Å². The van der Waals surface area contributed by atoms with Crippen LogP contribution >= 0.6 is 0 Å². The van der Waals surface area contributed by atoms with Crippen molar-refractivity contribution in [2.24, 2.45) is 0 Å². The average Bonchev–Trinajstić information content (AvgIpc) is 2.75. The minimum Gasteiger partial charge on any atom is -0.444 e. The molecule has 0 aromatic heterocycles. The fraction of sp³-hybridized carbons (Fsp3) is 0.474. The van der Waals surface area contributed by atoms with Crippen LogP contribution in [-0.2, 0) is 14.3 Å². The zero-order valence-corrected chi connectivity index (χ0v) is 14.9. The lowest BCUT2D eigenvalue weighted by Crippen LogP contribution is -2.49. The Morgan fingerprint density at radius 1 is 1.25 bits per heavy atom. The molecule has 0 saturated carbocycles. The highest BCUT2D eigenvalue weighted by Crippen LogP contribution is 2.42. The summed E-state index contributed by atoms with van der Waals surface area (Å²) in [6.07, 6.45) is 2.93. The van der Waals surface area contributed by atoms with Crippen LogP contribution in [0.3, 0.4) is 0 Å². The van der Waals surface area contributed by atoms with Crippen molar-refractivity contribution in [3.8, 4) is 0 Å². The van der Waals surface area contributed by atoms with E-state index in [1.54, 1.807) is 11.0 Å². The molecule has 1 aromatic rings. The van der Waals surface area contributed by atoms with Crippen LogP contribution < -0.4 is 0 Å². The van der Waals surface area contributed by atoms with Crippen LogP contribution in [0.5, 0.6) is 0 Å². The molecule has 0 unspecified atom stereocenters. The van der Waals surface area contributed by atoms with Gasteiger partial charge in [-0.3, -0.25) is 9.69 Å². The van der Waals surface area contributed by atoms with Crippen LogP contribution in [-0.4, -0.2) is 34.6 Å². The zero-order chi connectivity index (χ0) is 18.0. The number of carbonyl (C=O) groups is 2. The first kappa shape index (κ1) is 18.2. The van der Waals surface area contributed by atoms with Crippen molar-refractivity contribution in [2.75, 3.05) is 0 Å². The Bertz CT molecular complexity index is 616. The van der Waals surface area contributed by atoms with Crippen molar-refractivity contribution in [1.29, 1.82) is 0 Å². The third-order valence-corrected chi connectivity index (χ3v) is 3.71. The Hall–Kier alpha value is -2.14. The van der Waals surface area contributed by atoms with Crippen LogP contribution in [0, 0.1) is 0 Å². The number of benzene rings is 1. The van der Waals surface area contributed by atoms with Gasteiger partial charge >= 0.3 is 6.09 Å². The quantitative estimate of drug-likeness (QED) is 0.623. The average molecular weight is 331 g/mol. The molecule has 1 fully saturated rings. The summed E-state index contributed by atoms with van der Waals surface area (Å²) in [7, 11) is 0. The van der Waals surface area contributed by atoms with Gasteiger partial charge in [0.2, 0.25) is 0 Å². The summed E-state index contributed by atoms with van der Waals surface area (Å²) < 4.78 is 11.7. The van der Waals surface area contributed by atoms with Gasteiger partial charge in [0.15, 0.2) is 0 Å². The Labute approximate surface area is 143 Å². The lowest BCUT2D eigenvalue weighted by Gasteiger charge is -2.34. The van der Waals surface area contributed by atoms with E-state index in [0.717, 1.165) is 5.56 Å². The SMILES string of the molecule is CC(C)(C)OC(=O)N1[C@H](C=CC=O)[C@@H](c2ccccc2)OC1(C)C. The molecule has 1 amide bonds. The van der Waals surface area contributed by atoms with E-state index in [9.17, 15) is 9.59 Å². The fourth-order valence-electron chi connectivity index (χ4n) is 2.84. The number of rotatable bonds is 3. The van der Waals surface area contributed by atoms with Gasteiger partial charge in [-0.15, -0.1) is 0 Å². The molecule has 1 saturated heterocycles. The largest absolute Gasteiger partial charge is 0.444 e. The predicted molar refractivity (Wildman–Crippen MR) is 91.4 cm³/mol. The Balaban J connectivity index is 2.41. The van der Waals surface area contributed by atoms with Crippen molar-refractivity contribution < 1.29 is 19.1 Å². The van der Waals surface area contributed by atoms with Gasteiger partial charge in [-0.2, -0.15) is 0 Å². The molecule has 0 aliphatic carbocycles. The number of ether oxygens (including phenoxy) is 2. The molecule has 2 rings (SSSR count). The molecule has 5 nitrogen and oxygen atoms in total. The van der Waals surface area contributed by atoms with Gasteiger partial charge in [0.25, 0.3) is 0 Å². The molecular formula is C19H25NO4. The van der Waals surface area contributed by atoms with E-state index in [-0.39, 0.29) is 6.10 Å². The highest BCUT2D eigenvalue weighted by atomic mass is 16.6. The molecule has 1 heterocycles. The minimum absolute atomic E-state index is 0.370. The molecule has 0 radical (unpaired) electrons. The van der Waals surface area contributed by atoms with Gasteiger partial charge in [0.05, 0.1) is 6.04 Å². The summed E-state index contributed by atoms with van der Waals surface area (Å²) in [4.78, 5) is 25.1. The number of aldehydes is 1. The third kappa shape index (κ3) is 4.03. The van der Waals surface area contributed by atoms with Crippen LogP contribution in [0.2, 0.25) is 0 Å². The van der Waals surface area contributed by atoms with Crippen molar-refractivity contribution in [1.82, 2.24) is 4.90 Å². The second-order valence-electron chi connectivity index (χ2n) is 7.26. The number of amides is 1. The van der Waals surface area contributed by atoms with Crippen molar-refractivity contribution in [2.45, 2.75) is 58.1 Å². The predicted octanol–water partition coefficient (Wildman–Crippen LogP) is 3.85. The molecule has 1 aliphatic heterocycles. The van der Waals surface area contributed by atoms with Crippen molar-refractivity contribution >= 4 is 12.4 Å². The van der Waals surface area contributed by atoms with Gasteiger partial charge in [0, 0.05) is 0 Å². The first-order chi connectivity index (χ1) is 11.2. The normalized spacial score (nSPS) is 23.5. The van der Waals surface area contributed by atoms with E-state index in [1.165, 1.54) is 6.08 Å². The smallest absolute Gasteiger partial charge is 0.413 e. The Kier molecular flexibility index (Phi) is 5.13. The monoisotopic (exact) mass is 331 g/mol. The van der Waals surface area contributed by atoms with Gasteiger partial charge in [0.1, 0.15) is 23.7 Å². The lowest BCUT2D eigenvalue weighted by molar-refractivity contribution is -0.104. The maximum absolute atomic E-state index is 12.7. The first-order valence-corrected chi connectivity index (χ1v) is 8.03. The first-order valence-electron chi connectivity index (χ1n) is 8.03. The van der Waals surface area contributed by atoms with Crippen LogP contribution in [0.4, 0.5) is 4.79 Å². The molecule has 0 bridgehead atoms. The van der Waals surface area contributed by atoms with Gasteiger partial charge < -0.3 is 9.47 Å². The second kappa shape index (κ2) is 6.77. The van der Waals surface area contributed by atoms with E-state index < -0.39 is 23.5 Å². The van der Waals surface area contributed by atoms with Crippen molar-refractivity contribution in [3.05, 3.63) is 48.0 Å². The molecule has 0 N–H and O–H groups in total. The summed E-state index contributed by atoms with van der Waals surface area (Å²) >= 11 is 0. The Morgan fingerprint density at radius 2 is 1.88 bits per heavy atom. The number of allylic oxidation sites excluding steroid dienone is 1. The fourth-order valence-corrected chi connectivity index (χ4v) is 2.84. The molecule has 0 spiro atoms. The van der Waals surface area contributed by atoms with E-state index >= 15 is 0 Å². The molecule has 5 heteroatoms. The summed E-state index contributed by atoms with van der Waals surface area (Å²) in [5.74, 6) is 0. The minimum atomic E-state index is -0.860. The summed E-state index contributed by atoms with van der Waals surface area (Å²) in [5, 5.41) is 0. The zero-order valence-electron chi connectivity index (χ0n) is 14.9. The number of carbonyl (C=O) groups excluding carboxylic acids is 2. The number of hydrogen-bond acceptors (Lipinski definition) is 4. The maximum Gasteiger partial charge on any atom is 0.413 e. The maximum atomic E-state index is 12.7. The molecule has 1 aromatic carbocycles. The van der Waals surface area contributed by atoms with Gasteiger partial charge in [-0.1, -0.05) is 36.4 Å². The van der Waals surface area contributed by atoms with Crippen LogP contribution in [0.15, 0.2) is 42.5 Å². The number of hydrogen-bond donors (Lipinski definition) is 0. The van der Waals surface area contributed by atoms with E-state index in [4.69, 9.17) is 9.47 Å². The molecular weight excluding hydrogens is 306 g/mol. The third-order valence-electron chi connectivity index (χ3n) is 3.71. The molecule has 130 valence electrons.